The van der Waals surface area contributed by atoms with E-state index in [2.05, 4.69) is 20.1 Å². The summed E-state index contributed by atoms with van der Waals surface area (Å²) < 4.78 is 53.4. The van der Waals surface area contributed by atoms with Gasteiger partial charge in [0, 0.05) is 37.1 Å². The zero-order valence-electron chi connectivity index (χ0n) is 23.7. The molecule has 0 spiro atoms. The van der Waals surface area contributed by atoms with Gasteiger partial charge in [-0.1, -0.05) is 60.1 Å². The van der Waals surface area contributed by atoms with Crippen LogP contribution in [0.25, 0.3) is 11.3 Å². The number of piperazine rings is 1. The SMILES string of the molecule is O=S(=O)(c1ccc(-c2csc(NC(=S)N3CCN(C(c4ccc(F)cc4)c4ccc(F)cc4)CC3)n2)cc1)c1ccccc1Cl. The molecule has 6 nitrogen and oxygen atoms in total. The third-order valence-electron chi connectivity index (χ3n) is 7.64. The second kappa shape index (κ2) is 13.3. The first-order chi connectivity index (χ1) is 21.7. The van der Waals surface area contributed by atoms with E-state index in [-0.39, 0.29) is 32.5 Å². The van der Waals surface area contributed by atoms with Crippen LogP contribution in [0, 0.1) is 11.6 Å². The number of halogens is 3. The molecule has 1 aliphatic rings. The molecule has 2 heterocycles. The maximum atomic E-state index is 13.7. The predicted molar refractivity (Wildman–Crippen MR) is 178 cm³/mol. The van der Waals surface area contributed by atoms with E-state index in [1.165, 1.54) is 41.7 Å². The Morgan fingerprint density at radius 1 is 0.844 bits per heavy atom. The second-order valence-corrected chi connectivity index (χ2v) is 14.0. The standard InChI is InChI=1S/C33H27ClF2N4O2S3/c34-28-3-1-2-4-30(28)45(41,42)27-15-9-22(10-16-27)29-21-44-32(37-29)38-33(43)40-19-17-39(18-20-40)31(23-5-11-25(35)12-6-23)24-7-13-26(36)14-8-24/h1-16,21,31H,17-20H2,(H,37,38,43). The Morgan fingerprint density at radius 2 is 1.42 bits per heavy atom. The first-order valence-electron chi connectivity index (χ1n) is 14.1. The van der Waals surface area contributed by atoms with E-state index >= 15 is 0 Å². The molecule has 4 aromatic carbocycles. The van der Waals surface area contributed by atoms with E-state index in [4.69, 9.17) is 23.8 Å². The van der Waals surface area contributed by atoms with Crippen molar-refractivity contribution in [3.05, 3.63) is 130 Å². The van der Waals surface area contributed by atoms with E-state index in [0.717, 1.165) is 16.7 Å². The zero-order valence-corrected chi connectivity index (χ0v) is 26.9. The van der Waals surface area contributed by atoms with Crippen LogP contribution < -0.4 is 5.32 Å². The number of nitrogens with zero attached hydrogens (tertiary/aromatic N) is 3. The molecule has 0 aliphatic carbocycles. The molecule has 1 N–H and O–H groups in total. The average molecular weight is 681 g/mol. The van der Waals surface area contributed by atoms with Crippen LogP contribution in [0.15, 0.2) is 112 Å². The summed E-state index contributed by atoms with van der Waals surface area (Å²) in [7, 11) is -3.75. The van der Waals surface area contributed by atoms with Crippen LogP contribution >= 0.6 is 35.2 Å². The molecule has 1 aromatic heterocycles. The largest absolute Gasteiger partial charge is 0.346 e. The summed E-state index contributed by atoms with van der Waals surface area (Å²) in [6.45, 7) is 2.69. The van der Waals surface area contributed by atoms with Gasteiger partial charge in [-0.05, 0) is 71.9 Å². The number of rotatable bonds is 7. The van der Waals surface area contributed by atoms with Crippen LogP contribution in [0.4, 0.5) is 13.9 Å². The number of nitrogens with one attached hydrogen (secondary N) is 1. The van der Waals surface area contributed by atoms with Crippen molar-refractivity contribution >= 4 is 55.2 Å². The molecular weight excluding hydrogens is 654 g/mol. The Bertz CT molecular complexity index is 1870. The van der Waals surface area contributed by atoms with Crippen molar-refractivity contribution < 1.29 is 17.2 Å². The number of hydrogen-bond acceptors (Lipinski definition) is 6. The van der Waals surface area contributed by atoms with Crippen molar-refractivity contribution in [1.82, 2.24) is 14.8 Å². The topological polar surface area (TPSA) is 65.5 Å². The van der Waals surface area contributed by atoms with Crippen LogP contribution in [0.3, 0.4) is 0 Å². The summed E-state index contributed by atoms with van der Waals surface area (Å²) >= 11 is 13.3. The number of hydrogen-bond donors (Lipinski definition) is 1. The number of sulfone groups is 1. The molecule has 1 aliphatic heterocycles. The zero-order chi connectivity index (χ0) is 31.6. The molecule has 6 rings (SSSR count). The summed E-state index contributed by atoms with van der Waals surface area (Å²) in [5.74, 6) is -0.608. The lowest BCUT2D eigenvalue weighted by molar-refractivity contribution is 0.151. The van der Waals surface area contributed by atoms with Gasteiger partial charge in [-0.3, -0.25) is 4.90 Å². The fraction of sp³-hybridized carbons (Fsp3) is 0.152. The first kappa shape index (κ1) is 31.3. The molecular formula is C33H27ClF2N4O2S3. The number of thiazole rings is 1. The summed E-state index contributed by atoms with van der Waals surface area (Å²) in [5.41, 5.74) is 3.33. The third kappa shape index (κ3) is 6.92. The van der Waals surface area contributed by atoms with Crippen molar-refractivity contribution in [2.24, 2.45) is 0 Å². The minimum atomic E-state index is -3.75. The van der Waals surface area contributed by atoms with Crippen LogP contribution in [0.1, 0.15) is 17.2 Å². The van der Waals surface area contributed by atoms with Gasteiger partial charge in [0.05, 0.1) is 26.5 Å². The number of benzene rings is 4. The quantitative estimate of drug-likeness (QED) is 0.177. The van der Waals surface area contributed by atoms with Gasteiger partial charge in [-0.15, -0.1) is 11.3 Å². The highest BCUT2D eigenvalue weighted by atomic mass is 35.5. The smallest absolute Gasteiger partial charge is 0.208 e. The Hall–Kier alpha value is -3.74. The fourth-order valence-corrected chi connectivity index (χ4v) is 8.15. The summed E-state index contributed by atoms with van der Waals surface area (Å²) in [5, 5.41) is 6.48. The van der Waals surface area contributed by atoms with Gasteiger partial charge in [-0.2, -0.15) is 0 Å². The molecule has 0 saturated carbocycles. The minimum Gasteiger partial charge on any atom is -0.346 e. The molecule has 0 atom stereocenters. The van der Waals surface area contributed by atoms with Crippen molar-refractivity contribution in [2.45, 2.75) is 15.8 Å². The summed E-state index contributed by atoms with van der Waals surface area (Å²) in [6, 6.07) is 25.6. The van der Waals surface area contributed by atoms with Gasteiger partial charge < -0.3 is 10.2 Å². The van der Waals surface area contributed by atoms with Crippen molar-refractivity contribution in [1.29, 1.82) is 0 Å². The molecule has 5 aromatic rings. The molecule has 1 fully saturated rings. The molecule has 230 valence electrons. The lowest BCUT2D eigenvalue weighted by atomic mass is 9.96. The van der Waals surface area contributed by atoms with E-state index in [1.54, 1.807) is 66.7 Å². The van der Waals surface area contributed by atoms with Crippen LogP contribution in [0.2, 0.25) is 5.02 Å². The van der Waals surface area contributed by atoms with Gasteiger partial charge in [0.2, 0.25) is 9.84 Å². The monoisotopic (exact) mass is 680 g/mol. The predicted octanol–water partition coefficient (Wildman–Crippen LogP) is 7.68. The summed E-state index contributed by atoms with van der Waals surface area (Å²) in [6.07, 6.45) is 0. The van der Waals surface area contributed by atoms with Gasteiger partial charge in [0.1, 0.15) is 11.6 Å². The molecule has 45 heavy (non-hydrogen) atoms. The van der Waals surface area contributed by atoms with E-state index in [0.29, 0.717) is 42.1 Å². The maximum absolute atomic E-state index is 13.7. The molecule has 12 heteroatoms. The molecule has 0 bridgehead atoms. The third-order valence-corrected chi connectivity index (χ3v) is 11.0. The van der Waals surface area contributed by atoms with E-state index in [9.17, 15) is 17.2 Å². The van der Waals surface area contributed by atoms with Crippen LogP contribution in [-0.4, -0.2) is 54.5 Å². The second-order valence-electron chi connectivity index (χ2n) is 10.5. The van der Waals surface area contributed by atoms with Gasteiger partial charge in [-0.25, -0.2) is 22.2 Å². The van der Waals surface area contributed by atoms with E-state index < -0.39 is 9.84 Å². The number of aromatic nitrogens is 1. The molecule has 1 saturated heterocycles. The summed E-state index contributed by atoms with van der Waals surface area (Å²) in [4.78, 5) is 9.25. The highest BCUT2D eigenvalue weighted by molar-refractivity contribution is 7.91. The van der Waals surface area contributed by atoms with Gasteiger partial charge in [0.25, 0.3) is 0 Å². The average Bonchev–Trinajstić information content (AvgIpc) is 3.52. The van der Waals surface area contributed by atoms with Crippen molar-refractivity contribution in [2.75, 3.05) is 31.5 Å². The molecule has 0 radical (unpaired) electrons. The van der Waals surface area contributed by atoms with Crippen molar-refractivity contribution in [3.8, 4) is 11.3 Å². The van der Waals surface area contributed by atoms with Crippen molar-refractivity contribution in [3.63, 3.8) is 0 Å². The first-order valence-corrected chi connectivity index (χ1v) is 17.2. The minimum absolute atomic E-state index is 0.0651. The van der Waals surface area contributed by atoms with E-state index in [1.807, 2.05) is 5.38 Å². The highest BCUT2D eigenvalue weighted by Crippen LogP contribution is 2.32. The van der Waals surface area contributed by atoms with Crippen LogP contribution in [-0.2, 0) is 9.84 Å². The lowest BCUT2D eigenvalue weighted by Gasteiger charge is -2.40. The van der Waals surface area contributed by atoms with Gasteiger partial charge in [0.15, 0.2) is 10.2 Å². The Morgan fingerprint density at radius 3 is 2.00 bits per heavy atom. The Labute approximate surface area is 274 Å². The van der Waals surface area contributed by atoms with Gasteiger partial charge >= 0.3 is 0 Å². The fourth-order valence-electron chi connectivity index (χ4n) is 5.32. The maximum Gasteiger partial charge on any atom is 0.208 e. The van der Waals surface area contributed by atoms with Crippen LogP contribution in [0.5, 0.6) is 0 Å². The number of thiocarbonyl (C=S) groups is 1. The molecule has 0 unspecified atom stereocenters. The number of anilines is 1. The Balaban J connectivity index is 1.10. The highest BCUT2D eigenvalue weighted by Gasteiger charge is 2.28. The Kier molecular flexibility index (Phi) is 9.25. The normalized spacial score (nSPS) is 14.1. The molecule has 0 amide bonds. The lowest BCUT2D eigenvalue weighted by Crippen LogP contribution is -2.51.